The van der Waals surface area contributed by atoms with Crippen LogP contribution in [0.25, 0.3) is 21.7 Å². The number of benzene rings is 3. The average molecular weight is 366 g/mol. The zero-order valence-corrected chi connectivity index (χ0v) is 16.6. The van der Waals surface area contributed by atoms with Crippen LogP contribution in [0.1, 0.15) is 61.3 Å². The van der Waals surface area contributed by atoms with Gasteiger partial charge in [-0.05, 0) is 52.6 Å². The lowest BCUT2D eigenvalue weighted by Gasteiger charge is -2.35. The zero-order chi connectivity index (χ0) is 18.7. The highest BCUT2D eigenvalue weighted by Gasteiger charge is 2.47. The zero-order valence-electron chi connectivity index (χ0n) is 16.6. The molecule has 4 aromatic rings. The van der Waals surface area contributed by atoms with Crippen LogP contribution in [0.3, 0.4) is 0 Å². The Balaban J connectivity index is 1.60. The average Bonchev–Trinajstić information content (AvgIpc) is 3.23. The first kappa shape index (κ1) is 16.4. The Morgan fingerprint density at radius 3 is 2.43 bits per heavy atom. The summed E-state index contributed by atoms with van der Waals surface area (Å²) in [6, 6.07) is 25.0. The number of rotatable bonds is 1. The van der Waals surface area contributed by atoms with Crippen molar-refractivity contribution in [3.8, 4) is 0 Å². The van der Waals surface area contributed by atoms with Crippen LogP contribution >= 0.6 is 0 Å². The largest absolute Gasteiger partial charge is 0.347 e. The second-order valence-corrected chi connectivity index (χ2v) is 9.04. The fourth-order valence-corrected chi connectivity index (χ4v) is 6.35. The molecule has 1 heterocycles. The molecule has 6 rings (SSSR count). The Labute approximate surface area is 167 Å². The van der Waals surface area contributed by atoms with E-state index in [1.54, 1.807) is 11.3 Å². The summed E-state index contributed by atoms with van der Waals surface area (Å²) in [7, 11) is 2.29. The molecule has 140 valence electrons. The monoisotopic (exact) mass is 365 g/mol. The van der Waals surface area contributed by atoms with Crippen molar-refractivity contribution in [3.63, 3.8) is 0 Å². The molecule has 0 N–H and O–H groups in total. The minimum Gasteiger partial charge on any atom is -0.347 e. The van der Waals surface area contributed by atoms with Crippen molar-refractivity contribution in [3.05, 3.63) is 83.6 Å². The molecule has 0 aliphatic heterocycles. The van der Waals surface area contributed by atoms with E-state index in [4.69, 9.17) is 0 Å². The Morgan fingerprint density at radius 1 is 0.821 bits per heavy atom. The van der Waals surface area contributed by atoms with E-state index in [1.165, 1.54) is 65.8 Å². The van der Waals surface area contributed by atoms with Crippen LogP contribution in [0, 0.1) is 0 Å². The number of nitrogens with zero attached hydrogens (tertiary/aromatic N) is 1. The van der Waals surface area contributed by atoms with Crippen molar-refractivity contribution in [2.45, 2.75) is 49.9 Å². The Kier molecular flexibility index (Phi) is 3.50. The molecule has 1 spiro atoms. The molecular formula is C27H27N. The molecule has 1 aromatic heterocycles. The van der Waals surface area contributed by atoms with Gasteiger partial charge in [-0.25, -0.2) is 0 Å². The third kappa shape index (κ3) is 2.19. The van der Waals surface area contributed by atoms with Gasteiger partial charge in [-0.3, -0.25) is 0 Å². The van der Waals surface area contributed by atoms with Gasteiger partial charge in [0.2, 0.25) is 0 Å². The smallest absolute Gasteiger partial charge is 0.0483 e. The van der Waals surface area contributed by atoms with Crippen molar-refractivity contribution in [2.75, 3.05) is 0 Å². The molecule has 1 fully saturated rings. The molecule has 1 unspecified atom stereocenters. The molecule has 1 nitrogen and oxygen atoms in total. The van der Waals surface area contributed by atoms with E-state index in [2.05, 4.69) is 78.3 Å². The number of hydrogen-bond acceptors (Lipinski definition) is 0. The first-order valence-corrected chi connectivity index (χ1v) is 10.8. The number of aromatic nitrogens is 1. The quantitative estimate of drug-likeness (QED) is 0.340. The minimum absolute atomic E-state index is 0.380. The second kappa shape index (κ2) is 5.98. The Hall–Kier alpha value is -2.54. The molecule has 0 saturated heterocycles. The second-order valence-electron chi connectivity index (χ2n) is 9.04. The molecule has 0 amide bonds. The molecule has 2 aliphatic carbocycles. The van der Waals surface area contributed by atoms with Gasteiger partial charge in [-0.2, -0.15) is 0 Å². The number of fused-ring (bicyclic) bond motifs is 5. The Morgan fingerprint density at radius 2 is 1.57 bits per heavy atom. The first-order valence-electron chi connectivity index (χ1n) is 10.8. The molecule has 1 saturated carbocycles. The summed E-state index contributed by atoms with van der Waals surface area (Å²) in [6.45, 7) is 0. The van der Waals surface area contributed by atoms with Crippen molar-refractivity contribution in [1.82, 2.24) is 4.57 Å². The van der Waals surface area contributed by atoms with Crippen LogP contribution in [0.4, 0.5) is 0 Å². The predicted molar refractivity (Wildman–Crippen MR) is 118 cm³/mol. The predicted octanol–water partition coefficient (Wildman–Crippen LogP) is 7.07. The molecule has 3 aromatic carbocycles. The van der Waals surface area contributed by atoms with E-state index in [1.807, 2.05) is 0 Å². The van der Waals surface area contributed by atoms with Crippen molar-refractivity contribution < 1.29 is 0 Å². The van der Waals surface area contributed by atoms with E-state index in [9.17, 15) is 0 Å². The van der Waals surface area contributed by atoms with E-state index in [0.717, 1.165) is 0 Å². The van der Waals surface area contributed by atoms with Crippen LogP contribution in [-0.2, 0) is 12.5 Å². The van der Waals surface area contributed by atoms with Gasteiger partial charge in [0.05, 0.1) is 0 Å². The number of hydrogen-bond donors (Lipinski definition) is 0. The molecule has 28 heavy (non-hydrogen) atoms. The van der Waals surface area contributed by atoms with Gasteiger partial charge in [0.15, 0.2) is 0 Å². The molecular weight excluding hydrogens is 338 g/mol. The summed E-state index contributed by atoms with van der Waals surface area (Å²) in [5, 5.41) is 4.21. The number of aryl methyl sites for hydroxylation is 1. The van der Waals surface area contributed by atoms with Crippen LogP contribution in [0.15, 0.2) is 66.7 Å². The molecule has 1 atom stereocenters. The highest BCUT2D eigenvalue weighted by Crippen LogP contribution is 2.58. The van der Waals surface area contributed by atoms with Gasteiger partial charge in [0.25, 0.3) is 0 Å². The molecule has 2 aliphatic rings. The van der Waals surface area contributed by atoms with Gasteiger partial charge < -0.3 is 4.57 Å². The Bertz CT molecular complexity index is 1190. The highest BCUT2D eigenvalue weighted by atomic mass is 15.0. The fraction of sp³-hybridized carbons (Fsp3) is 0.333. The third-order valence-corrected chi connectivity index (χ3v) is 7.59. The van der Waals surface area contributed by atoms with Gasteiger partial charge in [-0.15, -0.1) is 0 Å². The van der Waals surface area contributed by atoms with E-state index in [-0.39, 0.29) is 0 Å². The first-order chi connectivity index (χ1) is 13.8. The van der Waals surface area contributed by atoms with E-state index < -0.39 is 0 Å². The topological polar surface area (TPSA) is 4.93 Å². The lowest BCUT2D eigenvalue weighted by Crippen LogP contribution is -2.26. The van der Waals surface area contributed by atoms with Crippen molar-refractivity contribution in [2.24, 2.45) is 7.05 Å². The summed E-state index contributed by atoms with van der Waals surface area (Å²) in [5.74, 6) is 0.509. The third-order valence-electron chi connectivity index (χ3n) is 7.59. The maximum atomic E-state index is 2.51. The summed E-state index contributed by atoms with van der Waals surface area (Å²) in [4.78, 5) is 0. The van der Waals surface area contributed by atoms with Gasteiger partial charge in [-0.1, -0.05) is 79.9 Å². The number of para-hydroxylation sites is 1. The SMILES string of the molecule is Cn1c2c(c3ccccc31)C1(CCCCC1)CC2c1ccc2ccccc2c1. The summed E-state index contributed by atoms with van der Waals surface area (Å²) < 4.78 is 2.51. The van der Waals surface area contributed by atoms with Gasteiger partial charge in [0.1, 0.15) is 0 Å². The standard InChI is InChI=1S/C27H27N/c1-28-24-12-6-5-11-22(24)25-26(28)23(18-27(25)15-7-2-8-16-27)21-14-13-19-9-3-4-10-20(19)17-21/h3-6,9-14,17,23H,2,7-8,15-16,18H2,1H3. The molecule has 0 radical (unpaired) electrons. The normalized spacial score (nSPS) is 20.8. The maximum Gasteiger partial charge on any atom is 0.0483 e. The van der Waals surface area contributed by atoms with Crippen LogP contribution in [0.5, 0.6) is 0 Å². The maximum absolute atomic E-state index is 2.51. The molecule has 1 heteroatoms. The summed E-state index contributed by atoms with van der Waals surface area (Å²) in [6.07, 6.45) is 8.17. The minimum atomic E-state index is 0.380. The lowest BCUT2D eigenvalue weighted by molar-refractivity contribution is 0.287. The van der Waals surface area contributed by atoms with E-state index >= 15 is 0 Å². The molecule has 0 bridgehead atoms. The van der Waals surface area contributed by atoms with Crippen LogP contribution < -0.4 is 0 Å². The van der Waals surface area contributed by atoms with Gasteiger partial charge >= 0.3 is 0 Å². The van der Waals surface area contributed by atoms with Crippen LogP contribution in [-0.4, -0.2) is 4.57 Å². The van der Waals surface area contributed by atoms with Gasteiger partial charge in [0, 0.05) is 29.6 Å². The van der Waals surface area contributed by atoms with Crippen LogP contribution in [0.2, 0.25) is 0 Å². The highest BCUT2D eigenvalue weighted by molar-refractivity contribution is 5.89. The van der Waals surface area contributed by atoms with Crippen molar-refractivity contribution >= 4 is 21.7 Å². The summed E-state index contributed by atoms with van der Waals surface area (Å²) in [5.41, 5.74) is 6.54. The lowest BCUT2D eigenvalue weighted by atomic mass is 9.69. The fourth-order valence-electron chi connectivity index (χ4n) is 6.35. The van der Waals surface area contributed by atoms with Crippen molar-refractivity contribution in [1.29, 1.82) is 0 Å². The van der Waals surface area contributed by atoms with E-state index in [0.29, 0.717) is 11.3 Å². The summed E-state index contributed by atoms with van der Waals surface area (Å²) >= 11 is 0.